The number of rotatable bonds is 3. The van der Waals surface area contributed by atoms with Gasteiger partial charge in [-0.3, -0.25) is 0 Å². The third-order valence-electron chi connectivity index (χ3n) is 5.18. The second-order valence-electron chi connectivity index (χ2n) is 8.84. The van der Waals surface area contributed by atoms with Crippen molar-refractivity contribution in [3.8, 4) is 0 Å². The van der Waals surface area contributed by atoms with Gasteiger partial charge >= 0.3 is 12.1 Å². The Bertz CT molecular complexity index is 450. The monoisotopic (exact) mass is 297 g/mol. The zero-order chi connectivity index (χ0) is 16.3. The predicted octanol–water partition coefficient (Wildman–Crippen LogP) is 3.18. The molecule has 3 rings (SSSR count). The van der Waals surface area contributed by atoms with Crippen molar-refractivity contribution in [3.63, 3.8) is 0 Å². The lowest BCUT2D eigenvalue weighted by Gasteiger charge is -2.77. The molecule has 0 aromatic rings. The number of alkyl carbamates (subject to hydrolysis) is 1. The van der Waals surface area contributed by atoms with Gasteiger partial charge in [-0.25, -0.2) is 9.59 Å². The molecule has 3 fully saturated rings. The summed E-state index contributed by atoms with van der Waals surface area (Å²) in [6.07, 6.45) is 1.97. The second-order valence-corrected chi connectivity index (χ2v) is 8.84. The van der Waals surface area contributed by atoms with E-state index >= 15 is 0 Å². The molecular formula is C16H27NO4. The van der Waals surface area contributed by atoms with Gasteiger partial charge in [-0.1, -0.05) is 20.8 Å². The van der Waals surface area contributed by atoms with E-state index in [1.165, 1.54) is 0 Å². The first-order chi connectivity index (χ1) is 9.30. The van der Waals surface area contributed by atoms with Gasteiger partial charge in [0.15, 0.2) is 0 Å². The Morgan fingerprint density at radius 3 is 1.90 bits per heavy atom. The topological polar surface area (TPSA) is 75.6 Å². The molecule has 0 spiro atoms. The average Bonchev–Trinajstić information content (AvgIpc) is 2.05. The van der Waals surface area contributed by atoms with Gasteiger partial charge in [0.1, 0.15) is 11.6 Å². The summed E-state index contributed by atoms with van der Waals surface area (Å²) in [6.45, 7) is 11.9. The molecule has 3 saturated carbocycles. The first-order valence-electron chi connectivity index (χ1n) is 7.53. The molecule has 1 amide bonds. The Kier molecular flexibility index (Phi) is 3.35. The van der Waals surface area contributed by atoms with Crippen LogP contribution in [-0.2, 0) is 9.53 Å². The largest absolute Gasteiger partial charge is 0.480 e. The van der Waals surface area contributed by atoms with Gasteiger partial charge in [0, 0.05) is 5.41 Å². The van der Waals surface area contributed by atoms with Gasteiger partial charge in [0.25, 0.3) is 0 Å². The third-order valence-corrected chi connectivity index (χ3v) is 5.18. The van der Waals surface area contributed by atoms with E-state index in [1.54, 1.807) is 20.8 Å². The van der Waals surface area contributed by atoms with Crippen LogP contribution >= 0.6 is 0 Å². The number of carboxylic acid groups (broad SMARTS) is 1. The molecule has 2 bridgehead atoms. The summed E-state index contributed by atoms with van der Waals surface area (Å²) < 4.78 is 5.18. The molecule has 0 heterocycles. The molecule has 21 heavy (non-hydrogen) atoms. The highest BCUT2D eigenvalue weighted by atomic mass is 16.6. The third kappa shape index (κ3) is 2.62. The van der Waals surface area contributed by atoms with Crippen LogP contribution in [0.5, 0.6) is 0 Å². The van der Waals surface area contributed by atoms with E-state index in [0.29, 0.717) is 0 Å². The molecule has 5 heteroatoms. The predicted molar refractivity (Wildman–Crippen MR) is 79.0 cm³/mol. The number of amides is 1. The van der Waals surface area contributed by atoms with Crippen LogP contribution < -0.4 is 5.32 Å². The lowest BCUT2D eigenvalue weighted by molar-refractivity contribution is -0.271. The molecule has 0 aromatic carbocycles. The number of aliphatic carboxylic acids is 1. The summed E-state index contributed by atoms with van der Waals surface area (Å²) in [5.41, 5.74) is -0.477. The minimum absolute atomic E-state index is 0.184. The number of hydrogen-bond acceptors (Lipinski definition) is 3. The lowest BCUT2D eigenvalue weighted by Crippen LogP contribution is -2.74. The van der Waals surface area contributed by atoms with Gasteiger partial charge in [0.05, 0.1) is 0 Å². The summed E-state index contributed by atoms with van der Waals surface area (Å²) in [7, 11) is 0. The molecule has 1 atom stereocenters. The minimum atomic E-state index is -0.969. The van der Waals surface area contributed by atoms with Crippen LogP contribution in [-0.4, -0.2) is 28.8 Å². The Labute approximate surface area is 126 Å². The van der Waals surface area contributed by atoms with Crippen molar-refractivity contribution >= 4 is 12.1 Å². The molecule has 3 aliphatic rings. The fourth-order valence-electron chi connectivity index (χ4n) is 3.87. The van der Waals surface area contributed by atoms with Gasteiger partial charge in [-0.05, 0) is 50.9 Å². The van der Waals surface area contributed by atoms with Crippen LogP contribution in [0.4, 0.5) is 4.79 Å². The van der Waals surface area contributed by atoms with Crippen molar-refractivity contribution in [1.82, 2.24) is 5.32 Å². The maximum Gasteiger partial charge on any atom is 0.408 e. The molecule has 5 nitrogen and oxygen atoms in total. The minimum Gasteiger partial charge on any atom is -0.480 e. The van der Waals surface area contributed by atoms with Gasteiger partial charge in [-0.2, -0.15) is 0 Å². The van der Waals surface area contributed by atoms with E-state index in [-0.39, 0.29) is 16.2 Å². The van der Waals surface area contributed by atoms with Crippen molar-refractivity contribution < 1.29 is 19.4 Å². The first kappa shape index (κ1) is 16.1. The fourth-order valence-corrected chi connectivity index (χ4v) is 3.87. The highest BCUT2D eigenvalue weighted by Crippen LogP contribution is 2.80. The molecular weight excluding hydrogens is 270 g/mol. The Morgan fingerprint density at radius 1 is 1.10 bits per heavy atom. The maximum absolute atomic E-state index is 11.9. The van der Waals surface area contributed by atoms with Crippen LogP contribution in [0, 0.1) is 16.2 Å². The van der Waals surface area contributed by atoms with Crippen LogP contribution in [0.15, 0.2) is 0 Å². The standard InChI is InChI=1S/C16H27NO4/c1-13(2,3)16-7-15(8-16,9-16)10(11(18)19)17-12(20)21-14(4,5)6/h10H,7-9H2,1-6H3,(H,17,20)(H,18,19). The van der Waals surface area contributed by atoms with Gasteiger partial charge in [0.2, 0.25) is 0 Å². The Morgan fingerprint density at radius 2 is 1.57 bits per heavy atom. The number of hydrogen-bond donors (Lipinski definition) is 2. The summed E-state index contributed by atoms with van der Waals surface area (Å²) in [4.78, 5) is 23.4. The van der Waals surface area contributed by atoms with Gasteiger partial charge in [-0.15, -0.1) is 0 Å². The molecule has 0 radical (unpaired) electrons. The smallest absolute Gasteiger partial charge is 0.408 e. The van der Waals surface area contributed by atoms with Crippen molar-refractivity contribution in [2.24, 2.45) is 16.2 Å². The van der Waals surface area contributed by atoms with E-state index < -0.39 is 23.7 Å². The highest BCUT2D eigenvalue weighted by Gasteiger charge is 2.75. The van der Waals surface area contributed by atoms with Gasteiger partial charge < -0.3 is 15.2 Å². The van der Waals surface area contributed by atoms with Crippen molar-refractivity contribution in [1.29, 1.82) is 0 Å². The molecule has 0 aliphatic heterocycles. The molecule has 1 unspecified atom stereocenters. The highest BCUT2D eigenvalue weighted by molar-refractivity contribution is 5.81. The summed E-state index contributed by atoms with van der Waals surface area (Å²) in [5, 5.41) is 12.0. The van der Waals surface area contributed by atoms with E-state index in [0.717, 1.165) is 19.3 Å². The average molecular weight is 297 g/mol. The maximum atomic E-state index is 11.9. The van der Waals surface area contributed by atoms with Crippen LogP contribution in [0.2, 0.25) is 0 Å². The summed E-state index contributed by atoms with van der Waals surface area (Å²) in [5.74, 6) is -0.969. The Hall–Kier alpha value is -1.26. The quantitative estimate of drug-likeness (QED) is 0.839. The zero-order valence-electron chi connectivity index (χ0n) is 13.9. The molecule has 3 aliphatic carbocycles. The fraction of sp³-hybridized carbons (Fsp3) is 0.875. The number of ether oxygens (including phenoxy) is 1. The van der Waals surface area contributed by atoms with E-state index in [1.807, 2.05) is 0 Å². The summed E-state index contributed by atoms with van der Waals surface area (Å²) >= 11 is 0. The lowest BCUT2D eigenvalue weighted by atomic mass is 9.28. The van der Waals surface area contributed by atoms with Crippen molar-refractivity contribution in [2.75, 3.05) is 0 Å². The van der Waals surface area contributed by atoms with Crippen LogP contribution in [0.25, 0.3) is 0 Å². The normalized spacial score (nSPS) is 32.5. The Balaban J connectivity index is 2.01. The second kappa shape index (κ2) is 4.37. The first-order valence-corrected chi connectivity index (χ1v) is 7.53. The SMILES string of the molecule is CC(C)(C)OC(=O)NC(C(=O)O)C12CC(C(C)(C)C)(C1)C2. The number of carbonyl (C=O) groups excluding carboxylic acids is 1. The molecule has 2 N–H and O–H groups in total. The molecule has 0 aromatic heterocycles. The van der Waals surface area contributed by atoms with E-state index in [2.05, 4.69) is 26.1 Å². The van der Waals surface area contributed by atoms with Crippen LogP contribution in [0.3, 0.4) is 0 Å². The summed E-state index contributed by atoms with van der Waals surface area (Å²) in [6, 6.07) is -0.850. The number of carboxylic acids is 1. The molecule has 0 saturated heterocycles. The van der Waals surface area contributed by atoms with E-state index in [9.17, 15) is 14.7 Å². The van der Waals surface area contributed by atoms with Crippen molar-refractivity contribution in [2.45, 2.75) is 72.4 Å². The van der Waals surface area contributed by atoms with Crippen LogP contribution in [0.1, 0.15) is 60.8 Å². The molecule has 120 valence electrons. The number of nitrogens with one attached hydrogen (secondary N) is 1. The van der Waals surface area contributed by atoms with E-state index in [4.69, 9.17) is 4.74 Å². The van der Waals surface area contributed by atoms with Crippen molar-refractivity contribution in [3.05, 3.63) is 0 Å². The number of carbonyl (C=O) groups is 2. The zero-order valence-corrected chi connectivity index (χ0v) is 13.9.